The van der Waals surface area contributed by atoms with Crippen molar-refractivity contribution in [3.63, 3.8) is 0 Å². The van der Waals surface area contributed by atoms with Gasteiger partial charge in [-0.2, -0.15) is 0 Å². The quantitative estimate of drug-likeness (QED) is 0.291. The van der Waals surface area contributed by atoms with Crippen molar-refractivity contribution < 1.29 is 22.8 Å². The van der Waals surface area contributed by atoms with Crippen molar-refractivity contribution in [2.75, 3.05) is 37.7 Å². The normalized spacial score (nSPS) is 22.0. The van der Waals surface area contributed by atoms with Gasteiger partial charge in [-0.1, -0.05) is 22.6 Å². The molecule has 1 N–H and O–H groups in total. The van der Waals surface area contributed by atoms with Crippen molar-refractivity contribution in [3.05, 3.63) is 0 Å². The number of alkyl halides is 1. The molecule has 1 rings (SSSR count). The highest BCUT2D eigenvalue weighted by molar-refractivity contribution is 14.1. The van der Waals surface area contributed by atoms with Crippen LogP contribution in [-0.4, -0.2) is 56.1 Å². The van der Waals surface area contributed by atoms with E-state index in [9.17, 15) is 13.2 Å². The molecule has 0 aromatic heterocycles. The fourth-order valence-corrected chi connectivity index (χ4v) is 3.27. The largest absolute Gasteiger partial charge is 0.465 e. The van der Waals surface area contributed by atoms with E-state index in [1.54, 1.807) is 6.92 Å². The van der Waals surface area contributed by atoms with Crippen LogP contribution in [0.5, 0.6) is 0 Å². The Morgan fingerprint density at radius 1 is 1.41 bits per heavy atom. The lowest BCUT2D eigenvalue weighted by atomic mass is 10.4. The molecule has 7 heteroatoms. The number of sulfone groups is 1. The topological polar surface area (TPSA) is 64.9 Å². The lowest BCUT2D eigenvalue weighted by molar-refractivity contribution is -0.896. The van der Waals surface area contributed by atoms with E-state index < -0.39 is 9.84 Å². The molecule has 0 spiro atoms. The first kappa shape index (κ1) is 15.2. The molecular weight excluding hydrogens is 357 g/mol. The molecule has 0 radical (unpaired) electrons. The summed E-state index contributed by atoms with van der Waals surface area (Å²) in [6.07, 6.45) is 0.796. The average Bonchev–Trinajstić information content (AvgIpc) is 2.25. The number of hydrogen-bond acceptors (Lipinski definition) is 4. The minimum atomic E-state index is -2.78. The van der Waals surface area contributed by atoms with Crippen molar-refractivity contribution >= 4 is 38.4 Å². The molecule has 0 aromatic rings. The van der Waals surface area contributed by atoms with Gasteiger partial charge in [0.25, 0.3) is 0 Å². The molecule has 0 amide bonds. The molecule has 1 heterocycles. The summed E-state index contributed by atoms with van der Waals surface area (Å²) in [4.78, 5) is 12.5. The molecule has 0 aromatic carbocycles. The van der Waals surface area contributed by atoms with Gasteiger partial charge in [0.1, 0.15) is 3.92 Å². The smallest absolute Gasteiger partial charge is 0.318 e. The molecule has 1 aliphatic heterocycles. The monoisotopic (exact) mass is 376 g/mol. The Morgan fingerprint density at radius 3 is 2.53 bits per heavy atom. The molecule has 1 unspecified atom stereocenters. The second-order valence-corrected chi connectivity index (χ2v) is 8.46. The molecule has 17 heavy (non-hydrogen) atoms. The van der Waals surface area contributed by atoms with E-state index in [2.05, 4.69) is 0 Å². The number of halogens is 1. The molecule has 0 aliphatic carbocycles. The van der Waals surface area contributed by atoms with Crippen molar-refractivity contribution in [2.24, 2.45) is 0 Å². The zero-order valence-corrected chi connectivity index (χ0v) is 12.9. The summed E-state index contributed by atoms with van der Waals surface area (Å²) >= 11 is 2.02. The standard InChI is InChI=1S/C10H18INO4S/c1-9(11)10(13)16-6-2-3-12-4-7-17(14,15)8-5-12/h9H,2-8H2,1H3/p+1. The van der Waals surface area contributed by atoms with E-state index in [4.69, 9.17) is 4.74 Å². The van der Waals surface area contributed by atoms with Crippen molar-refractivity contribution in [1.29, 1.82) is 0 Å². The number of rotatable bonds is 5. The van der Waals surface area contributed by atoms with E-state index in [0.29, 0.717) is 19.7 Å². The lowest BCUT2D eigenvalue weighted by Crippen LogP contribution is -3.14. The van der Waals surface area contributed by atoms with Gasteiger partial charge in [0.15, 0.2) is 9.84 Å². The third kappa shape index (κ3) is 6.01. The van der Waals surface area contributed by atoms with Crippen molar-refractivity contribution in [2.45, 2.75) is 17.3 Å². The highest BCUT2D eigenvalue weighted by Gasteiger charge is 2.24. The zero-order chi connectivity index (χ0) is 12.9. The van der Waals surface area contributed by atoms with Gasteiger partial charge < -0.3 is 9.64 Å². The van der Waals surface area contributed by atoms with Crippen LogP contribution in [0.25, 0.3) is 0 Å². The summed E-state index contributed by atoms with van der Waals surface area (Å²) in [6, 6.07) is 0. The number of hydrogen-bond donors (Lipinski definition) is 1. The van der Waals surface area contributed by atoms with Gasteiger partial charge in [-0.25, -0.2) is 8.42 Å². The van der Waals surface area contributed by atoms with Crippen LogP contribution >= 0.6 is 22.6 Å². The Bertz CT molecular complexity index is 341. The summed E-state index contributed by atoms with van der Waals surface area (Å²) < 4.78 is 27.4. The fourth-order valence-electron chi connectivity index (χ4n) is 1.69. The Morgan fingerprint density at radius 2 is 2.00 bits per heavy atom. The maximum Gasteiger partial charge on any atom is 0.318 e. The Labute approximate surface area is 116 Å². The molecule has 1 fully saturated rings. The molecule has 100 valence electrons. The van der Waals surface area contributed by atoms with Crippen LogP contribution in [0.4, 0.5) is 0 Å². The molecule has 0 bridgehead atoms. The zero-order valence-electron chi connectivity index (χ0n) is 9.95. The van der Waals surface area contributed by atoms with E-state index >= 15 is 0 Å². The van der Waals surface area contributed by atoms with E-state index in [-0.39, 0.29) is 21.4 Å². The maximum absolute atomic E-state index is 11.2. The Kier molecular flexibility index (Phi) is 6.14. The Balaban J connectivity index is 2.10. The second kappa shape index (κ2) is 6.89. The highest BCUT2D eigenvalue weighted by Crippen LogP contribution is 2.00. The summed E-state index contributed by atoms with van der Waals surface area (Å²) in [5.74, 6) is 0.390. The van der Waals surface area contributed by atoms with Crippen LogP contribution in [0.2, 0.25) is 0 Å². The minimum Gasteiger partial charge on any atom is -0.465 e. The molecule has 1 saturated heterocycles. The molecular formula is C10H19INO4S+. The maximum atomic E-state index is 11.2. The van der Waals surface area contributed by atoms with E-state index in [0.717, 1.165) is 13.0 Å². The second-order valence-electron chi connectivity index (χ2n) is 4.29. The van der Waals surface area contributed by atoms with Crippen LogP contribution < -0.4 is 4.90 Å². The summed E-state index contributed by atoms with van der Waals surface area (Å²) in [7, 11) is -2.78. The SMILES string of the molecule is CC(I)C(=O)OCCC[NH+]1CCS(=O)(=O)CC1. The Hall–Kier alpha value is 0.110. The number of ether oxygens (including phenoxy) is 1. The fraction of sp³-hybridized carbons (Fsp3) is 0.900. The number of quaternary nitrogens is 1. The average molecular weight is 376 g/mol. The van der Waals surface area contributed by atoms with Crippen LogP contribution in [0.3, 0.4) is 0 Å². The third-order valence-corrected chi connectivity index (χ3v) is 4.94. The molecule has 0 saturated carbocycles. The van der Waals surface area contributed by atoms with Crippen LogP contribution in [0.1, 0.15) is 13.3 Å². The summed E-state index contributed by atoms with van der Waals surface area (Å²) in [5.41, 5.74) is 0. The first-order valence-electron chi connectivity index (χ1n) is 5.75. The van der Waals surface area contributed by atoms with Crippen LogP contribution in [0, 0.1) is 0 Å². The third-order valence-electron chi connectivity index (χ3n) is 2.78. The van der Waals surface area contributed by atoms with Gasteiger partial charge in [-0.3, -0.25) is 4.79 Å². The van der Waals surface area contributed by atoms with E-state index in [1.807, 2.05) is 22.6 Å². The van der Waals surface area contributed by atoms with Gasteiger partial charge in [0.05, 0.1) is 37.7 Å². The van der Waals surface area contributed by atoms with Crippen LogP contribution in [0.15, 0.2) is 0 Å². The predicted molar refractivity (Wildman–Crippen MR) is 73.3 cm³/mol. The first-order valence-corrected chi connectivity index (χ1v) is 8.82. The molecule has 1 atom stereocenters. The van der Waals surface area contributed by atoms with E-state index in [1.165, 1.54) is 4.90 Å². The van der Waals surface area contributed by atoms with Crippen molar-refractivity contribution in [3.8, 4) is 0 Å². The van der Waals surface area contributed by atoms with Gasteiger partial charge >= 0.3 is 5.97 Å². The number of esters is 1. The van der Waals surface area contributed by atoms with Crippen molar-refractivity contribution in [1.82, 2.24) is 0 Å². The molecule has 5 nitrogen and oxygen atoms in total. The van der Waals surface area contributed by atoms with Gasteiger partial charge in [0.2, 0.25) is 0 Å². The van der Waals surface area contributed by atoms with Crippen LogP contribution in [-0.2, 0) is 19.4 Å². The van der Waals surface area contributed by atoms with Gasteiger partial charge in [-0.05, 0) is 6.92 Å². The summed E-state index contributed by atoms with van der Waals surface area (Å²) in [5, 5.41) is 0. The number of nitrogens with one attached hydrogen (secondary N) is 1. The van der Waals surface area contributed by atoms with Gasteiger partial charge in [-0.15, -0.1) is 0 Å². The molecule has 1 aliphatic rings. The summed E-state index contributed by atoms with van der Waals surface area (Å²) in [6.45, 7) is 4.46. The predicted octanol–water partition coefficient (Wildman–Crippen LogP) is -0.943. The highest BCUT2D eigenvalue weighted by atomic mass is 127. The number of carbonyl (C=O) groups is 1. The minimum absolute atomic E-state index is 0.111. The first-order chi connectivity index (χ1) is 7.91. The number of carbonyl (C=O) groups excluding carboxylic acids is 1. The van der Waals surface area contributed by atoms with Gasteiger partial charge in [0, 0.05) is 6.42 Å². The lowest BCUT2D eigenvalue weighted by Gasteiger charge is -2.23.